The molecular formula is C16H27NO3. The van der Waals surface area contributed by atoms with E-state index in [4.69, 9.17) is 9.84 Å². The highest BCUT2D eigenvalue weighted by Crippen LogP contribution is 2.25. The summed E-state index contributed by atoms with van der Waals surface area (Å²) < 4.78 is 5.71. The summed E-state index contributed by atoms with van der Waals surface area (Å²) in [5, 5.41) is 22.1. The Kier molecular flexibility index (Phi) is 7.59. The minimum atomic E-state index is -0.587. The van der Waals surface area contributed by atoms with Crippen LogP contribution in [0.3, 0.4) is 0 Å². The molecule has 0 saturated heterocycles. The maximum atomic E-state index is 9.91. The van der Waals surface area contributed by atoms with Crippen LogP contribution in [0.1, 0.15) is 38.7 Å². The van der Waals surface area contributed by atoms with Gasteiger partial charge in [-0.05, 0) is 24.0 Å². The van der Waals surface area contributed by atoms with Crippen LogP contribution in [-0.4, -0.2) is 42.1 Å². The van der Waals surface area contributed by atoms with Gasteiger partial charge in [0.1, 0.15) is 18.5 Å². The molecule has 114 valence electrons. The first-order valence-electron chi connectivity index (χ1n) is 7.32. The van der Waals surface area contributed by atoms with Crippen LogP contribution >= 0.6 is 0 Å². The lowest BCUT2D eigenvalue weighted by atomic mass is 10.0. The SMILES string of the molecule is CC[C@H](CO)NC[C@@H](O)COc1ccccc1C(C)C. The van der Waals surface area contributed by atoms with Crippen molar-refractivity contribution in [2.75, 3.05) is 19.8 Å². The molecule has 4 nitrogen and oxygen atoms in total. The third kappa shape index (κ3) is 5.49. The van der Waals surface area contributed by atoms with Gasteiger partial charge >= 0.3 is 0 Å². The highest BCUT2D eigenvalue weighted by molar-refractivity contribution is 5.35. The largest absolute Gasteiger partial charge is 0.491 e. The molecule has 20 heavy (non-hydrogen) atoms. The fourth-order valence-corrected chi connectivity index (χ4v) is 1.97. The molecule has 0 amide bonds. The van der Waals surface area contributed by atoms with Gasteiger partial charge in [-0.2, -0.15) is 0 Å². The first-order chi connectivity index (χ1) is 9.58. The molecule has 0 aliphatic heterocycles. The minimum Gasteiger partial charge on any atom is -0.491 e. The van der Waals surface area contributed by atoms with Crippen LogP contribution in [0.2, 0.25) is 0 Å². The maximum absolute atomic E-state index is 9.91. The lowest BCUT2D eigenvalue weighted by Gasteiger charge is -2.19. The molecule has 1 rings (SSSR count). The average Bonchev–Trinajstić information content (AvgIpc) is 2.46. The van der Waals surface area contributed by atoms with Gasteiger partial charge in [0.25, 0.3) is 0 Å². The van der Waals surface area contributed by atoms with E-state index in [0.29, 0.717) is 12.5 Å². The molecule has 0 heterocycles. The fourth-order valence-electron chi connectivity index (χ4n) is 1.97. The summed E-state index contributed by atoms with van der Waals surface area (Å²) in [6, 6.07) is 7.94. The Balaban J connectivity index is 2.43. The number of ether oxygens (including phenoxy) is 1. The molecule has 0 saturated carbocycles. The highest BCUT2D eigenvalue weighted by atomic mass is 16.5. The Morgan fingerprint density at radius 3 is 2.55 bits per heavy atom. The van der Waals surface area contributed by atoms with Gasteiger partial charge in [0, 0.05) is 12.6 Å². The zero-order valence-corrected chi connectivity index (χ0v) is 12.7. The van der Waals surface area contributed by atoms with Crippen LogP contribution in [-0.2, 0) is 0 Å². The van der Waals surface area contributed by atoms with Crippen molar-refractivity contribution in [1.29, 1.82) is 0 Å². The van der Waals surface area contributed by atoms with Gasteiger partial charge in [0.2, 0.25) is 0 Å². The van der Waals surface area contributed by atoms with Crippen LogP contribution in [0.15, 0.2) is 24.3 Å². The van der Waals surface area contributed by atoms with Crippen molar-refractivity contribution in [1.82, 2.24) is 5.32 Å². The van der Waals surface area contributed by atoms with Crippen LogP contribution in [0.4, 0.5) is 0 Å². The summed E-state index contributed by atoms with van der Waals surface area (Å²) in [5.41, 5.74) is 1.15. The summed E-state index contributed by atoms with van der Waals surface area (Å²) in [6.07, 6.45) is 0.246. The number of para-hydroxylation sites is 1. The van der Waals surface area contributed by atoms with Crippen molar-refractivity contribution in [3.8, 4) is 5.75 Å². The number of aliphatic hydroxyl groups excluding tert-OH is 2. The Morgan fingerprint density at radius 1 is 1.25 bits per heavy atom. The second kappa shape index (κ2) is 8.95. The lowest BCUT2D eigenvalue weighted by molar-refractivity contribution is 0.0989. The quantitative estimate of drug-likeness (QED) is 0.647. The first kappa shape index (κ1) is 17.0. The lowest BCUT2D eigenvalue weighted by Crippen LogP contribution is -2.39. The van der Waals surface area contributed by atoms with E-state index in [1.165, 1.54) is 0 Å². The monoisotopic (exact) mass is 281 g/mol. The second-order valence-electron chi connectivity index (χ2n) is 5.35. The molecular weight excluding hydrogens is 254 g/mol. The summed E-state index contributed by atoms with van der Waals surface area (Å²) in [5.74, 6) is 1.22. The minimum absolute atomic E-state index is 0.0348. The molecule has 0 bridgehead atoms. The van der Waals surface area contributed by atoms with Crippen LogP contribution in [0, 0.1) is 0 Å². The Hall–Kier alpha value is -1.10. The van der Waals surface area contributed by atoms with Crippen molar-refractivity contribution in [2.45, 2.75) is 45.3 Å². The molecule has 0 aliphatic rings. The third-order valence-corrected chi connectivity index (χ3v) is 3.33. The van der Waals surface area contributed by atoms with Crippen molar-refractivity contribution >= 4 is 0 Å². The van der Waals surface area contributed by atoms with Gasteiger partial charge in [-0.25, -0.2) is 0 Å². The zero-order chi connectivity index (χ0) is 15.0. The van der Waals surface area contributed by atoms with E-state index in [0.717, 1.165) is 17.7 Å². The summed E-state index contributed by atoms with van der Waals surface area (Å²) in [4.78, 5) is 0. The highest BCUT2D eigenvalue weighted by Gasteiger charge is 2.11. The summed E-state index contributed by atoms with van der Waals surface area (Å²) >= 11 is 0. The van der Waals surface area contributed by atoms with Gasteiger partial charge in [-0.1, -0.05) is 39.0 Å². The van der Waals surface area contributed by atoms with E-state index >= 15 is 0 Å². The molecule has 1 aromatic carbocycles. The van der Waals surface area contributed by atoms with Crippen LogP contribution < -0.4 is 10.1 Å². The van der Waals surface area contributed by atoms with Gasteiger partial charge in [0.05, 0.1) is 6.61 Å². The van der Waals surface area contributed by atoms with E-state index in [1.54, 1.807) is 0 Å². The van der Waals surface area contributed by atoms with Crippen molar-refractivity contribution in [3.63, 3.8) is 0 Å². The van der Waals surface area contributed by atoms with Gasteiger partial charge in [-0.3, -0.25) is 0 Å². The predicted molar refractivity (Wildman–Crippen MR) is 81.2 cm³/mol. The Labute approximate surface area is 121 Å². The number of benzene rings is 1. The molecule has 0 fully saturated rings. The van der Waals surface area contributed by atoms with E-state index in [1.807, 2.05) is 31.2 Å². The maximum Gasteiger partial charge on any atom is 0.122 e. The molecule has 3 N–H and O–H groups in total. The fraction of sp³-hybridized carbons (Fsp3) is 0.625. The summed E-state index contributed by atoms with van der Waals surface area (Å²) in [7, 11) is 0. The molecule has 0 spiro atoms. The molecule has 0 aliphatic carbocycles. The molecule has 2 atom stereocenters. The standard InChI is InChI=1S/C16H27NO3/c1-4-13(10-18)17-9-14(19)11-20-16-8-6-5-7-15(16)12(2)3/h5-8,12-14,17-19H,4,9-11H2,1-3H3/t13-,14-/m1/s1. The Morgan fingerprint density at radius 2 is 1.95 bits per heavy atom. The van der Waals surface area contributed by atoms with E-state index in [-0.39, 0.29) is 19.3 Å². The van der Waals surface area contributed by atoms with Gasteiger partial charge in [-0.15, -0.1) is 0 Å². The molecule has 0 aromatic heterocycles. The smallest absolute Gasteiger partial charge is 0.122 e. The zero-order valence-electron chi connectivity index (χ0n) is 12.7. The van der Waals surface area contributed by atoms with Crippen LogP contribution in [0.5, 0.6) is 5.75 Å². The molecule has 4 heteroatoms. The molecule has 0 unspecified atom stereocenters. The normalized spacial score (nSPS) is 14.3. The van der Waals surface area contributed by atoms with Crippen molar-refractivity contribution in [3.05, 3.63) is 29.8 Å². The van der Waals surface area contributed by atoms with Crippen molar-refractivity contribution < 1.29 is 14.9 Å². The third-order valence-electron chi connectivity index (χ3n) is 3.33. The van der Waals surface area contributed by atoms with Gasteiger partial charge in [0.15, 0.2) is 0 Å². The van der Waals surface area contributed by atoms with E-state index < -0.39 is 6.10 Å². The van der Waals surface area contributed by atoms with Crippen LogP contribution in [0.25, 0.3) is 0 Å². The number of rotatable bonds is 9. The van der Waals surface area contributed by atoms with E-state index in [2.05, 4.69) is 19.2 Å². The number of aliphatic hydroxyl groups is 2. The topological polar surface area (TPSA) is 61.7 Å². The number of nitrogens with one attached hydrogen (secondary N) is 1. The average molecular weight is 281 g/mol. The van der Waals surface area contributed by atoms with E-state index in [9.17, 15) is 5.11 Å². The molecule has 1 aromatic rings. The number of hydrogen-bond donors (Lipinski definition) is 3. The molecule has 0 radical (unpaired) electrons. The summed E-state index contributed by atoms with van der Waals surface area (Å²) in [6.45, 7) is 6.98. The first-order valence-corrected chi connectivity index (χ1v) is 7.32. The second-order valence-corrected chi connectivity index (χ2v) is 5.35. The Bertz CT molecular complexity index is 378. The van der Waals surface area contributed by atoms with Gasteiger partial charge < -0.3 is 20.3 Å². The number of hydrogen-bond acceptors (Lipinski definition) is 4. The predicted octanol–water partition coefficient (Wildman–Crippen LogP) is 1.91. The van der Waals surface area contributed by atoms with Crippen molar-refractivity contribution in [2.24, 2.45) is 0 Å².